The van der Waals surface area contributed by atoms with Crippen LogP contribution in [0.1, 0.15) is 18.1 Å². The van der Waals surface area contributed by atoms with Crippen molar-refractivity contribution in [3.05, 3.63) is 70.6 Å². The standard InChI is InChI=1S/C24H25N3O2S2/c1-2-18-8-10-19(11-9-18)16-21-23(29)27(24(30)31-21)17-22(28)26-14-12-25(13-15-26)20-6-4-3-5-7-20/h3-11,16H,2,12-15,17H2,1H3/b21-16-. The van der Waals surface area contributed by atoms with Crippen LogP contribution in [0, 0.1) is 0 Å². The molecule has 2 aromatic rings. The SMILES string of the molecule is CCc1ccc(/C=C2\SC(=S)N(CC(=O)N3CCN(c4ccccc4)CC3)C2=O)cc1. The van der Waals surface area contributed by atoms with Crippen LogP contribution in [0.5, 0.6) is 0 Å². The van der Waals surface area contributed by atoms with Gasteiger partial charge in [0.25, 0.3) is 5.91 Å². The van der Waals surface area contributed by atoms with Gasteiger partial charge in [0.1, 0.15) is 10.9 Å². The number of amides is 2. The summed E-state index contributed by atoms with van der Waals surface area (Å²) in [6.07, 6.45) is 2.83. The van der Waals surface area contributed by atoms with E-state index in [1.54, 1.807) is 0 Å². The van der Waals surface area contributed by atoms with E-state index >= 15 is 0 Å². The molecule has 0 saturated carbocycles. The van der Waals surface area contributed by atoms with E-state index in [1.165, 1.54) is 27.9 Å². The minimum absolute atomic E-state index is 0.00210. The third-order valence-corrected chi connectivity index (χ3v) is 6.98. The molecular weight excluding hydrogens is 426 g/mol. The number of nitrogens with zero attached hydrogens (tertiary/aromatic N) is 3. The molecule has 0 bridgehead atoms. The lowest BCUT2D eigenvalue weighted by molar-refractivity contribution is -0.135. The number of thiocarbonyl (C=S) groups is 1. The highest BCUT2D eigenvalue weighted by molar-refractivity contribution is 8.26. The van der Waals surface area contributed by atoms with Crippen molar-refractivity contribution in [2.45, 2.75) is 13.3 Å². The molecule has 2 aliphatic rings. The van der Waals surface area contributed by atoms with Gasteiger partial charge in [0.15, 0.2) is 0 Å². The largest absolute Gasteiger partial charge is 0.368 e. The molecule has 2 amide bonds. The average molecular weight is 452 g/mol. The zero-order chi connectivity index (χ0) is 21.8. The molecule has 2 aromatic carbocycles. The molecule has 5 nitrogen and oxygen atoms in total. The van der Waals surface area contributed by atoms with Gasteiger partial charge in [-0.05, 0) is 35.8 Å². The molecule has 2 fully saturated rings. The van der Waals surface area contributed by atoms with Gasteiger partial charge in [-0.2, -0.15) is 0 Å². The molecule has 0 unspecified atom stereocenters. The van der Waals surface area contributed by atoms with Crippen LogP contribution in [0.4, 0.5) is 5.69 Å². The molecule has 31 heavy (non-hydrogen) atoms. The topological polar surface area (TPSA) is 43.9 Å². The monoisotopic (exact) mass is 451 g/mol. The Morgan fingerprint density at radius 3 is 2.35 bits per heavy atom. The van der Waals surface area contributed by atoms with E-state index in [0.717, 1.165) is 25.1 Å². The van der Waals surface area contributed by atoms with Crippen molar-refractivity contribution in [2.24, 2.45) is 0 Å². The number of rotatable bonds is 5. The summed E-state index contributed by atoms with van der Waals surface area (Å²) in [6, 6.07) is 18.3. The van der Waals surface area contributed by atoms with E-state index in [1.807, 2.05) is 41.3 Å². The fourth-order valence-corrected chi connectivity index (χ4v) is 4.98. The number of anilines is 1. The van der Waals surface area contributed by atoms with Crippen LogP contribution < -0.4 is 4.90 Å². The first-order chi connectivity index (χ1) is 15.0. The first kappa shape index (κ1) is 21.6. The highest BCUT2D eigenvalue weighted by Crippen LogP contribution is 2.32. The van der Waals surface area contributed by atoms with Crippen LogP contribution >= 0.6 is 24.0 Å². The lowest BCUT2D eigenvalue weighted by Gasteiger charge is -2.36. The summed E-state index contributed by atoms with van der Waals surface area (Å²) in [5.74, 6) is -0.247. The Kier molecular flexibility index (Phi) is 6.73. The first-order valence-electron chi connectivity index (χ1n) is 10.5. The van der Waals surface area contributed by atoms with E-state index in [-0.39, 0.29) is 18.4 Å². The maximum atomic E-state index is 12.9. The van der Waals surface area contributed by atoms with Crippen LogP contribution in [0.2, 0.25) is 0 Å². The number of carbonyl (C=O) groups is 2. The Balaban J connectivity index is 1.35. The molecular formula is C24H25N3O2S2. The maximum absolute atomic E-state index is 12.9. The molecule has 7 heteroatoms. The van der Waals surface area contributed by atoms with E-state index < -0.39 is 0 Å². The lowest BCUT2D eigenvalue weighted by atomic mass is 10.1. The zero-order valence-electron chi connectivity index (χ0n) is 17.5. The summed E-state index contributed by atoms with van der Waals surface area (Å²) in [7, 11) is 0. The third-order valence-electron chi connectivity index (χ3n) is 5.61. The molecule has 2 heterocycles. The van der Waals surface area contributed by atoms with Gasteiger partial charge in [-0.1, -0.05) is 73.4 Å². The second kappa shape index (κ2) is 9.66. The summed E-state index contributed by atoms with van der Waals surface area (Å²) < 4.78 is 0.442. The van der Waals surface area contributed by atoms with Gasteiger partial charge in [0.05, 0.1) is 4.91 Å². The molecule has 0 N–H and O–H groups in total. The summed E-state index contributed by atoms with van der Waals surface area (Å²) in [5, 5.41) is 0. The minimum Gasteiger partial charge on any atom is -0.368 e. The fraction of sp³-hybridized carbons (Fsp3) is 0.292. The summed E-state index contributed by atoms with van der Waals surface area (Å²) in [4.78, 5) is 31.8. The molecule has 4 rings (SSSR count). The predicted octanol–water partition coefficient (Wildman–Crippen LogP) is 3.80. The number of benzene rings is 2. The Hall–Kier alpha value is -2.64. The maximum Gasteiger partial charge on any atom is 0.266 e. The highest BCUT2D eigenvalue weighted by atomic mass is 32.2. The molecule has 0 radical (unpaired) electrons. The van der Waals surface area contributed by atoms with Crippen LogP contribution in [-0.4, -0.2) is 58.7 Å². The van der Waals surface area contributed by atoms with Gasteiger partial charge < -0.3 is 9.80 Å². The fourth-order valence-electron chi connectivity index (χ4n) is 3.73. The third kappa shape index (κ3) is 4.99. The van der Waals surface area contributed by atoms with Crippen LogP contribution in [0.15, 0.2) is 59.5 Å². The van der Waals surface area contributed by atoms with E-state index in [2.05, 4.69) is 36.1 Å². The Labute approximate surface area is 192 Å². The number of hydrogen-bond donors (Lipinski definition) is 0. The lowest BCUT2D eigenvalue weighted by Crippen LogP contribution is -2.51. The van der Waals surface area contributed by atoms with Gasteiger partial charge in [-0.25, -0.2) is 0 Å². The number of thioether (sulfide) groups is 1. The number of aryl methyl sites for hydroxylation is 1. The minimum atomic E-state index is -0.189. The van der Waals surface area contributed by atoms with Crippen molar-refractivity contribution < 1.29 is 9.59 Å². The molecule has 160 valence electrons. The first-order valence-corrected chi connectivity index (χ1v) is 11.7. The summed E-state index contributed by atoms with van der Waals surface area (Å²) in [5.41, 5.74) is 3.38. The number of hydrogen-bond acceptors (Lipinski definition) is 5. The zero-order valence-corrected chi connectivity index (χ0v) is 19.1. The summed E-state index contributed by atoms with van der Waals surface area (Å²) >= 11 is 6.66. The van der Waals surface area contributed by atoms with Gasteiger partial charge in [0.2, 0.25) is 5.91 Å². The number of para-hydroxylation sites is 1. The number of carbonyl (C=O) groups excluding carboxylic acids is 2. The Morgan fingerprint density at radius 1 is 1.03 bits per heavy atom. The van der Waals surface area contributed by atoms with Crippen molar-refractivity contribution in [1.82, 2.24) is 9.80 Å². The molecule has 0 aromatic heterocycles. The predicted molar refractivity (Wildman–Crippen MR) is 131 cm³/mol. The summed E-state index contributed by atoms with van der Waals surface area (Å²) in [6.45, 7) is 4.95. The smallest absolute Gasteiger partial charge is 0.266 e. The molecule has 2 aliphatic heterocycles. The van der Waals surface area contributed by atoms with Crippen molar-refractivity contribution in [2.75, 3.05) is 37.6 Å². The van der Waals surface area contributed by atoms with Crippen molar-refractivity contribution >= 4 is 51.9 Å². The Bertz CT molecular complexity index is 997. The van der Waals surface area contributed by atoms with E-state index in [4.69, 9.17) is 12.2 Å². The average Bonchev–Trinajstić information content (AvgIpc) is 3.07. The second-order valence-corrected chi connectivity index (χ2v) is 9.24. The normalized spacial score (nSPS) is 18.2. The number of piperazine rings is 1. The quantitative estimate of drug-likeness (QED) is 0.511. The Morgan fingerprint density at radius 2 is 1.71 bits per heavy atom. The van der Waals surface area contributed by atoms with Gasteiger partial charge in [-0.3, -0.25) is 14.5 Å². The van der Waals surface area contributed by atoms with Crippen LogP contribution in [0.3, 0.4) is 0 Å². The van der Waals surface area contributed by atoms with E-state index in [0.29, 0.717) is 22.3 Å². The molecule has 0 aliphatic carbocycles. The highest BCUT2D eigenvalue weighted by Gasteiger charge is 2.34. The van der Waals surface area contributed by atoms with Crippen LogP contribution in [0.25, 0.3) is 6.08 Å². The van der Waals surface area contributed by atoms with Crippen LogP contribution in [-0.2, 0) is 16.0 Å². The molecule has 0 spiro atoms. The van der Waals surface area contributed by atoms with Crippen molar-refractivity contribution in [1.29, 1.82) is 0 Å². The van der Waals surface area contributed by atoms with Gasteiger partial charge in [0, 0.05) is 31.9 Å². The van der Waals surface area contributed by atoms with E-state index in [9.17, 15) is 9.59 Å². The molecule has 2 saturated heterocycles. The van der Waals surface area contributed by atoms with Gasteiger partial charge in [-0.15, -0.1) is 0 Å². The molecule has 0 atom stereocenters. The van der Waals surface area contributed by atoms with Gasteiger partial charge >= 0.3 is 0 Å². The second-order valence-electron chi connectivity index (χ2n) is 7.57. The van der Waals surface area contributed by atoms with Crippen molar-refractivity contribution in [3.63, 3.8) is 0 Å². The van der Waals surface area contributed by atoms with Crippen molar-refractivity contribution in [3.8, 4) is 0 Å².